The summed E-state index contributed by atoms with van der Waals surface area (Å²) in [7, 11) is 9.06. The molecule has 0 unspecified atom stereocenters. The van der Waals surface area contributed by atoms with Gasteiger partial charge in [0.15, 0.2) is 0 Å². The van der Waals surface area contributed by atoms with Crippen LogP contribution in [0.2, 0.25) is 0 Å². The summed E-state index contributed by atoms with van der Waals surface area (Å²) < 4.78 is 0. The van der Waals surface area contributed by atoms with Crippen molar-refractivity contribution in [1.82, 2.24) is 0 Å². The molecule has 0 N–H and O–H groups in total. The third kappa shape index (κ3) is 14.2. The first-order chi connectivity index (χ1) is 24.3. The van der Waals surface area contributed by atoms with Crippen LogP contribution in [0.25, 0.3) is 0 Å². The van der Waals surface area contributed by atoms with E-state index >= 15 is 0 Å². The van der Waals surface area contributed by atoms with E-state index in [1.165, 1.54) is 44.8 Å². The van der Waals surface area contributed by atoms with Crippen molar-refractivity contribution in [3.63, 3.8) is 0 Å². The normalized spacial score (nSPS) is 13.4. The molecule has 0 saturated carbocycles. The Bertz CT molecular complexity index is 1340. The summed E-state index contributed by atoms with van der Waals surface area (Å²) in [6.45, 7) is 24.1. The van der Waals surface area contributed by atoms with Gasteiger partial charge >= 0.3 is 54.0 Å². The standard InChI is InChI=1S/2C19H21N2.2CH4S.2ClH.2Rh/c2*1-15-12-16(2)19(17(3)13-15)21-11-7-10-20(14-21)18-8-5-4-6-9-18;2*1-2;;;;/h2*4-6,8,12-13H,7,10-11H2,1-3H3;2*2H,1H3;2*1H;;/q2*-1;;;;;2*+3/p-4. The Hall–Kier alpha value is -1.39. The summed E-state index contributed by atoms with van der Waals surface area (Å²) in [6, 6.07) is 31.8. The van der Waals surface area contributed by atoms with Gasteiger partial charge in [-0.25, -0.2) is 0 Å². The van der Waals surface area contributed by atoms with Gasteiger partial charge in [-0.05, 0) is 76.6 Å². The van der Waals surface area contributed by atoms with E-state index in [-0.39, 0.29) is 0 Å². The molecule has 4 radical (unpaired) electrons. The topological polar surface area (TPSA) is 13.0 Å². The SMILES string of the molecule is C[S-].C[S-].Cc1cc(C)c(N2[C]N(c3[c-]cccc3)CCC2)c(C)c1.Cc1cc(C)c(N2[C]N(c3[c-]cccc3)CCC2)c(C)c1.[Cl][Rh+2].[Cl][Rh+2]. The van der Waals surface area contributed by atoms with Crippen LogP contribution in [0.1, 0.15) is 46.2 Å². The maximum atomic E-state index is 4.53. The molecule has 272 valence electrons. The van der Waals surface area contributed by atoms with Crippen molar-refractivity contribution in [2.45, 2.75) is 54.4 Å². The van der Waals surface area contributed by atoms with Gasteiger partial charge in [0.1, 0.15) is 0 Å². The van der Waals surface area contributed by atoms with Crippen LogP contribution in [-0.4, -0.2) is 38.7 Å². The average molecular weight is 926 g/mol. The number of hydrogen-bond acceptors (Lipinski definition) is 6. The van der Waals surface area contributed by atoms with Gasteiger partial charge in [-0.15, -0.1) is 12.1 Å². The maximum absolute atomic E-state index is 4.53. The van der Waals surface area contributed by atoms with Crippen LogP contribution in [0.5, 0.6) is 0 Å². The molecule has 0 aliphatic carbocycles. The molecule has 10 heteroatoms. The molecule has 0 amide bonds. The first-order valence-electron chi connectivity index (χ1n) is 16.1. The molecule has 2 aliphatic rings. The molecule has 2 saturated heterocycles. The zero-order valence-electron chi connectivity index (χ0n) is 30.2. The van der Waals surface area contributed by atoms with Crippen molar-refractivity contribution < 1.29 is 34.6 Å². The fourth-order valence-corrected chi connectivity index (χ4v) is 6.24. The fraction of sp³-hybridized carbons (Fsp3) is 0.350. The summed E-state index contributed by atoms with van der Waals surface area (Å²) in [6.07, 6.45) is 5.42. The molecule has 50 heavy (non-hydrogen) atoms. The van der Waals surface area contributed by atoms with E-state index in [0.717, 1.165) is 50.4 Å². The second-order valence-electron chi connectivity index (χ2n) is 11.5. The van der Waals surface area contributed by atoms with Gasteiger partial charge in [0.05, 0.1) is 0 Å². The second-order valence-corrected chi connectivity index (χ2v) is 11.5. The van der Waals surface area contributed by atoms with Crippen LogP contribution in [0, 0.1) is 67.0 Å². The van der Waals surface area contributed by atoms with Crippen LogP contribution >= 0.6 is 19.4 Å². The molecule has 6 rings (SSSR count). The van der Waals surface area contributed by atoms with Gasteiger partial charge in [0, 0.05) is 37.6 Å². The van der Waals surface area contributed by atoms with Gasteiger partial charge in [0.2, 0.25) is 13.3 Å². The number of benzene rings is 4. The third-order valence-corrected chi connectivity index (χ3v) is 7.79. The Balaban J connectivity index is 0.000000417. The zero-order valence-corrected chi connectivity index (χ0v) is 36.6. The fourth-order valence-electron chi connectivity index (χ4n) is 6.24. The van der Waals surface area contributed by atoms with E-state index < -0.39 is 0 Å². The van der Waals surface area contributed by atoms with Crippen LogP contribution in [0.15, 0.2) is 72.8 Å². The quantitative estimate of drug-likeness (QED) is 0.114. The van der Waals surface area contributed by atoms with E-state index in [4.69, 9.17) is 0 Å². The van der Waals surface area contributed by atoms with E-state index in [2.05, 4.69) is 180 Å². The molecule has 4 aromatic carbocycles. The summed E-state index contributed by atoms with van der Waals surface area (Å²) >= 11 is 12.2. The first-order valence-corrected chi connectivity index (χ1v) is 21.9. The number of nitrogens with zero attached hydrogens (tertiary/aromatic N) is 4. The molecule has 0 bridgehead atoms. The summed E-state index contributed by atoms with van der Waals surface area (Å²) in [5.41, 5.74) is 12.7. The predicted octanol–water partition coefficient (Wildman–Crippen LogP) is 9.95. The molecule has 4 nitrogen and oxygen atoms in total. The zero-order chi connectivity index (χ0) is 37.6. The van der Waals surface area contributed by atoms with Crippen molar-refractivity contribution in [2.75, 3.05) is 58.3 Å². The molecule has 0 atom stereocenters. The summed E-state index contributed by atoms with van der Waals surface area (Å²) in [5.74, 6) is 0. The van der Waals surface area contributed by atoms with Gasteiger partial charge < -0.3 is 44.9 Å². The van der Waals surface area contributed by atoms with Gasteiger partial charge in [-0.1, -0.05) is 46.8 Å². The molecular weight excluding hydrogens is 877 g/mol. The van der Waals surface area contributed by atoms with E-state index in [1.54, 1.807) is 12.5 Å². The van der Waals surface area contributed by atoms with E-state index in [9.17, 15) is 0 Å². The monoisotopic (exact) mass is 924 g/mol. The Kier molecular flexibility index (Phi) is 24.6. The minimum atomic E-state index is 1.00. The minimum absolute atomic E-state index is 1.00. The molecule has 2 aliphatic heterocycles. The molecule has 0 spiro atoms. The van der Waals surface area contributed by atoms with Gasteiger partial charge in [0.25, 0.3) is 0 Å². The molecule has 2 fully saturated rings. The Morgan fingerprint density at radius 2 is 0.820 bits per heavy atom. The Morgan fingerprint density at radius 1 is 0.520 bits per heavy atom. The van der Waals surface area contributed by atoms with Crippen molar-refractivity contribution in [2.24, 2.45) is 0 Å². The number of halogens is 2. The Morgan fingerprint density at radius 3 is 1.10 bits per heavy atom. The van der Waals surface area contributed by atoms with E-state index in [1.807, 2.05) is 58.9 Å². The third-order valence-electron chi connectivity index (χ3n) is 7.79. The van der Waals surface area contributed by atoms with Crippen molar-refractivity contribution in [3.05, 3.63) is 132 Å². The number of aryl methyl sites for hydroxylation is 6. The molecule has 4 aromatic rings. The summed E-state index contributed by atoms with van der Waals surface area (Å²) in [5, 5.41) is 0. The van der Waals surface area contributed by atoms with Crippen molar-refractivity contribution >= 4 is 67.4 Å². The first kappa shape index (κ1) is 46.6. The van der Waals surface area contributed by atoms with Crippen LogP contribution in [0.3, 0.4) is 0 Å². The van der Waals surface area contributed by atoms with Gasteiger partial charge in [-0.2, -0.15) is 61.0 Å². The van der Waals surface area contributed by atoms with E-state index in [0.29, 0.717) is 0 Å². The number of para-hydroxylation sites is 2. The van der Waals surface area contributed by atoms with Crippen LogP contribution in [-0.2, 0) is 59.9 Å². The van der Waals surface area contributed by atoms with Crippen LogP contribution in [0.4, 0.5) is 22.7 Å². The second kappa shape index (κ2) is 26.4. The number of hydrogen-bond donors (Lipinski definition) is 0. The molecule has 2 heterocycles. The van der Waals surface area contributed by atoms with Gasteiger partial charge in [-0.3, -0.25) is 0 Å². The molecular formula is C40H48Cl2N4Rh2S2. The van der Waals surface area contributed by atoms with Crippen molar-refractivity contribution in [3.8, 4) is 0 Å². The van der Waals surface area contributed by atoms with Crippen LogP contribution < -0.4 is 19.6 Å². The Labute approximate surface area is 343 Å². The molecule has 0 aromatic heterocycles. The number of rotatable bonds is 4. The average Bonchev–Trinajstić information content (AvgIpc) is 3.15. The van der Waals surface area contributed by atoms with Crippen molar-refractivity contribution in [1.29, 1.82) is 0 Å². The predicted molar refractivity (Wildman–Crippen MR) is 215 cm³/mol. The summed E-state index contributed by atoms with van der Waals surface area (Å²) in [4.78, 5) is 8.85. The number of anilines is 4.